The number of anilines is 1. The van der Waals surface area contributed by atoms with E-state index < -0.39 is 10.0 Å². The Bertz CT molecular complexity index is 801. The second kappa shape index (κ2) is 8.56. The summed E-state index contributed by atoms with van der Waals surface area (Å²) in [5.74, 6) is 1.03. The van der Waals surface area contributed by atoms with Crippen LogP contribution in [0.25, 0.3) is 0 Å². The predicted molar refractivity (Wildman–Crippen MR) is 105 cm³/mol. The molecule has 3 rings (SSSR count). The zero-order valence-electron chi connectivity index (χ0n) is 15.2. The van der Waals surface area contributed by atoms with Gasteiger partial charge in [-0.3, -0.25) is 0 Å². The molecule has 1 aliphatic heterocycles. The Morgan fingerprint density at radius 2 is 1.58 bits per heavy atom. The van der Waals surface area contributed by atoms with Crippen LogP contribution in [0.5, 0.6) is 5.75 Å². The van der Waals surface area contributed by atoms with E-state index in [4.69, 9.17) is 4.74 Å². The molecule has 0 spiro atoms. The van der Waals surface area contributed by atoms with Gasteiger partial charge in [-0.15, -0.1) is 0 Å². The van der Waals surface area contributed by atoms with Crippen LogP contribution in [0.4, 0.5) is 5.69 Å². The molecule has 2 aromatic carbocycles. The largest absolute Gasteiger partial charge is 0.495 e. The van der Waals surface area contributed by atoms with Crippen LogP contribution >= 0.6 is 0 Å². The highest BCUT2D eigenvalue weighted by Gasteiger charge is 2.27. The minimum absolute atomic E-state index is 0.205. The summed E-state index contributed by atoms with van der Waals surface area (Å²) in [7, 11) is -1.54. The molecule has 1 saturated heterocycles. The van der Waals surface area contributed by atoms with Gasteiger partial charge in [-0.05, 0) is 30.5 Å². The fourth-order valence-electron chi connectivity index (χ4n) is 3.33. The third-order valence-electron chi connectivity index (χ3n) is 4.77. The fourth-order valence-corrected chi connectivity index (χ4v) is 4.82. The number of hydrogen-bond donors (Lipinski definition) is 0. The van der Waals surface area contributed by atoms with E-state index in [9.17, 15) is 8.42 Å². The summed E-state index contributed by atoms with van der Waals surface area (Å²) in [5, 5.41) is 0. The number of ether oxygens (including phenoxy) is 1. The van der Waals surface area contributed by atoms with Crippen LogP contribution in [0.2, 0.25) is 0 Å². The van der Waals surface area contributed by atoms with Crippen LogP contribution in [0.3, 0.4) is 0 Å². The van der Waals surface area contributed by atoms with Gasteiger partial charge in [0.05, 0.1) is 18.6 Å². The lowest BCUT2D eigenvalue weighted by atomic mass is 10.1. The number of sulfonamides is 1. The molecule has 1 fully saturated rings. The fraction of sp³-hybridized carbons (Fsp3) is 0.400. The second-order valence-corrected chi connectivity index (χ2v) is 8.55. The number of rotatable bonds is 7. The van der Waals surface area contributed by atoms with Gasteiger partial charge in [0, 0.05) is 26.2 Å². The van der Waals surface area contributed by atoms with Gasteiger partial charge in [-0.25, -0.2) is 8.42 Å². The van der Waals surface area contributed by atoms with Crippen molar-refractivity contribution in [2.24, 2.45) is 0 Å². The molecule has 5 nitrogen and oxygen atoms in total. The van der Waals surface area contributed by atoms with Crippen molar-refractivity contribution in [3.05, 3.63) is 60.2 Å². The van der Waals surface area contributed by atoms with E-state index in [1.165, 1.54) is 5.56 Å². The number of nitrogens with zero attached hydrogens (tertiary/aromatic N) is 2. The Labute approximate surface area is 156 Å². The standard InChI is InChI=1S/C20H26N2O3S/c1-25-20-12-6-5-11-19(20)21-13-15-22(16-14-21)26(23,24)17-7-10-18-8-3-2-4-9-18/h2-6,8-9,11-12H,7,10,13-17H2,1H3. The Morgan fingerprint density at radius 1 is 0.923 bits per heavy atom. The van der Waals surface area contributed by atoms with Crippen molar-refractivity contribution in [1.29, 1.82) is 0 Å². The van der Waals surface area contributed by atoms with Gasteiger partial charge < -0.3 is 9.64 Å². The molecule has 0 saturated carbocycles. The molecule has 6 heteroatoms. The Balaban J connectivity index is 1.53. The van der Waals surface area contributed by atoms with Gasteiger partial charge in [0.2, 0.25) is 10.0 Å². The zero-order valence-corrected chi connectivity index (χ0v) is 16.0. The maximum Gasteiger partial charge on any atom is 0.214 e. The summed E-state index contributed by atoms with van der Waals surface area (Å²) in [6.45, 7) is 2.40. The Hall–Kier alpha value is -2.05. The summed E-state index contributed by atoms with van der Waals surface area (Å²) >= 11 is 0. The third kappa shape index (κ3) is 4.56. The molecule has 0 amide bonds. The average molecular weight is 375 g/mol. The molecule has 0 bridgehead atoms. The first-order valence-corrected chi connectivity index (χ1v) is 10.6. The molecule has 26 heavy (non-hydrogen) atoms. The summed E-state index contributed by atoms with van der Waals surface area (Å²) in [5.41, 5.74) is 2.21. The van der Waals surface area contributed by atoms with Crippen LogP contribution in [0.15, 0.2) is 54.6 Å². The van der Waals surface area contributed by atoms with Crippen molar-refractivity contribution in [3.8, 4) is 5.75 Å². The number of aryl methyl sites for hydroxylation is 1. The quantitative estimate of drug-likeness (QED) is 0.748. The summed E-state index contributed by atoms with van der Waals surface area (Å²) in [6, 6.07) is 17.9. The first kappa shape index (κ1) is 18.7. The van der Waals surface area contributed by atoms with Crippen molar-refractivity contribution in [3.63, 3.8) is 0 Å². The van der Waals surface area contributed by atoms with Gasteiger partial charge in [-0.2, -0.15) is 4.31 Å². The highest BCUT2D eigenvalue weighted by atomic mass is 32.2. The minimum Gasteiger partial charge on any atom is -0.495 e. The van der Waals surface area contributed by atoms with Gasteiger partial charge in [0.1, 0.15) is 5.75 Å². The smallest absolute Gasteiger partial charge is 0.214 e. The first-order valence-electron chi connectivity index (χ1n) is 9.00. The average Bonchev–Trinajstić information content (AvgIpc) is 2.69. The predicted octanol–water partition coefficient (Wildman–Crippen LogP) is 2.78. The van der Waals surface area contributed by atoms with E-state index in [-0.39, 0.29) is 5.75 Å². The molecule has 0 atom stereocenters. The summed E-state index contributed by atoms with van der Waals surface area (Å²) < 4.78 is 32.3. The molecule has 0 N–H and O–H groups in total. The summed E-state index contributed by atoms with van der Waals surface area (Å²) in [6.07, 6.45) is 1.44. The van der Waals surface area contributed by atoms with Crippen molar-refractivity contribution < 1.29 is 13.2 Å². The van der Waals surface area contributed by atoms with E-state index in [1.54, 1.807) is 11.4 Å². The normalized spacial score (nSPS) is 15.8. The maximum absolute atomic E-state index is 12.6. The molecule has 2 aromatic rings. The van der Waals surface area contributed by atoms with Crippen LogP contribution in [-0.4, -0.2) is 51.8 Å². The van der Waals surface area contributed by atoms with Crippen molar-refractivity contribution >= 4 is 15.7 Å². The van der Waals surface area contributed by atoms with Crippen molar-refractivity contribution in [2.45, 2.75) is 12.8 Å². The molecular weight excluding hydrogens is 348 g/mol. The molecule has 0 aliphatic carbocycles. The summed E-state index contributed by atoms with van der Waals surface area (Å²) in [4.78, 5) is 2.19. The van der Waals surface area contributed by atoms with Crippen LogP contribution in [0.1, 0.15) is 12.0 Å². The molecule has 140 valence electrons. The SMILES string of the molecule is COc1ccccc1N1CCN(S(=O)(=O)CCCc2ccccc2)CC1. The minimum atomic E-state index is -3.20. The first-order chi connectivity index (χ1) is 12.6. The van der Waals surface area contributed by atoms with Crippen molar-refractivity contribution in [1.82, 2.24) is 4.31 Å². The van der Waals surface area contributed by atoms with Crippen LogP contribution < -0.4 is 9.64 Å². The van der Waals surface area contributed by atoms with E-state index in [0.717, 1.165) is 17.9 Å². The van der Waals surface area contributed by atoms with Gasteiger partial charge in [-0.1, -0.05) is 42.5 Å². The number of methoxy groups -OCH3 is 1. The zero-order chi connectivity index (χ0) is 18.4. The molecular formula is C20H26N2O3S. The highest BCUT2D eigenvalue weighted by molar-refractivity contribution is 7.89. The van der Waals surface area contributed by atoms with Crippen LogP contribution in [-0.2, 0) is 16.4 Å². The third-order valence-corrected chi connectivity index (χ3v) is 6.72. The molecule has 1 aliphatic rings. The number of para-hydroxylation sites is 2. The second-order valence-electron chi connectivity index (χ2n) is 6.46. The highest BCUT2D eigenvalue weighted by Crippen LogP contribution is 2.28. The van der Waals surface area contributed by atoms with Gasteiger partial charge >= 0.3 is 0 Å². The van der Waals surface area contributed by atoms with Crippen LogP contribution in [0, 0.1) is 0 Å². The molecule has 0 unspecified atom stereocenters. The van der Waals surface area contributed by atoms with E-state index in [1.807, 2.05) is 54.6 Å². The Morgan fingerprint density at radius 3 is 2.27 bits per heavy atom. The van der Waals surface area contributed by atoms with E-state index in [2.05, 4.69) is 4.90 Å². The monoisotopic (exact) mass is 374 g/mol. The number of piperazine rings is 1. The molecule has 1 heterocycles. The number of hydrogen-bond acceptors (Lipinski definition) is 4. The molecule has 0 radical (unpaired) electrons. The maximum atomic E-state index is 12.6. The van der Waals surface area contributed by atoms with Gasteiger partial charge in [0.25, 0.3) is 0 Å². The van der Waals surface area contributed by atoms with Crippen molar-refractivity contribution in [2.75, 3.05) is 43.9 Å². The lowest BCUT2D eigenvalue weighted by Gasteiger charge is -2.36. The number of benzene rings is 2. The Kier molecular flexibility index (Phi) is 6.16. The van der Waals surface area contributed by atoms with E-state index >= 15 is 0 Å². The lowest BCUT2D eigenvalue weighted by Crippen LogP contribution is -2.49. The van der Waals surface area contributed by atoms with E-state index in [0.29, 0.717) is 32.6 Å². The van der Waals surface area contributed by atoms with Gasteiger partial charge in [0.15, 0.2) is 0 Å². The topological polar surface area (TPSA) is 49.9 Å². The molecule has 0 aromatic heterocycles. The lowest BCUT2D eigenvalue weighted by molar-refractivity contribution is 0.378.